The van der Waals surface area contributed by atoms with Crippen molar-refractivity contribution in [3.63, 3.8) is 0 Å². The largest absolute Gasteiger partial charge is 0.393 e. The molecule has 1 aliphatic carbocycles. The predicted octanol–water partition coefficient (Wildman–Crippen LogP) is 0.852. The summed E-state index contributed by atoms with van der Waals surface area (Å²) in [6.45, 7) is 2.16. The van der Waals surface area contributed by atoms with Crippen LogP contribution < -0.4 is 0 Å². The third-order valence-electron chi connectivity index (χ3n) is 2.97. The fourth-order valence-electron chi connectivity index (χ4n) is 2.22. The Balaban J connectivity index is 2.62. The van der Waals surface area contributed by atoms with Gasteiger partial charge in [-0.2, -0.15) is 0 Å². The van der Waals surface area contributed by atoms with Crippen molar-refractivity contribution in [1.82, 2.24) is 0 Å². The zero-order chi connectivity index (χ0) is 8.65. The number of aliphatic hydroxyl groups excluding tert-OH is 1. The quantitative estimate of drug-likeness (QED) is 0.561. The molecule has 0 heterocycles. The van der Waals surface area contributed by atoms with Crippen LogP contribution in [0, 0.1) is 5.92 Å². The third kappa shape index (κ3) is 1.74. The standard InChI is InChI=1S/C9H20NO/c1-7-8(10(2,3)4)5-6-9(7)11/h7-9,11H,5-6H2,1-4H3/q+1/t7-,8-,9+/m1/s1. The van der Waals surface area contributed by atoms with E-state index in [0.717, 1.165) is 10.9 Å². The lowest BCUT2D eigenvalue weighted by molar-refractivity contribution is -0.898. The number of hydrogen-bond acceptors (Lipinski definition) is 1. The fraction of sp³-hybridized carbons (Fsp3) is 1.00. The first-order valence-electron chi connectivity index (χ1n) is 4.42. The first-order chi connectivity index (χ1) is 4.93. The first kappa shape index (κ1) is 9.01. The van der Waals surface area contributed by atoms with Crippen molar-refractivity contribution in [3.8, 4) is 0 Å². The molecule has 0 unspecified atom stereocenters. The number of quaternary nitrogens is 1. The average Bonchev–Trinajstić information content (AvgIpc) is 2.11. The van der Waals surface area contributed by atoms with Gasteiger partial charge in [0, 0.05) is 12.3 Å². The van der Waals surface area contributed by atoms with Crippen molar-refractivity contribution in [2.24, 2.45) is 5.92 Å². The van der Waals surface area contributed by atoms with Crippen LogP contribution in [0.15, 0.2) is 0 Å². The molecule has 3 atom stereocenters. The second kappa shape index (κ2) is 2.76. The Hall–Kier alpha value is -0.0800. The minimum atomic E-state index is -0.0580. The summed E-state index contributed by atoms with van der Waals surface area (Å²) in [5, 5.41) is 9.52. The van der Waals surface area contributed by atoms with Crippen molar-refractivity contribution in [3.05, 3.63) is 0 Å². The maximum absolute atomic E-state index is 9.52. The summed E-state index contributed by atoms with van der Waals surface area (Å²) in [6, 6.07) is 0.644. The van der Waals surface area contributed by atoms with Crippen LogP contribution in [0.25, 0.3) is 0 Å². The minimum absolute atomic E-state index is 0.0580. The van der Waals surface area contributed by atoms with Crippen LogP contribution in [0.4, 0.5) is 0 Å². The van der Waals surface area contributed by atoms with Gasteiger partial charge in [0.05, 0.1) is 33.3 Å². The molecule has 1 aliphatic rings. The molecule has 0 amide bonds. The number of rotatable bonds is 1. The highest BCUT2D eigenvalue weighted by molar-refractivity contribution is 4.82. The van der Waals surface area contributed by atoms with E-state index in [4.69, 9.17) is 0 Å². The fourth-order valence-corrected chi connectivity index (χ4v) is 2.22. The van der Waals surface area contributed by atoms with Gasteiger partial charge in [0.1, 0.15) is 0 Å². The van der Waals surface area contributed by atoms with E-state index in [1.807, 2.05) is 0 Å². The van der Waals surface area contributed by atoms with Crippen LogP contribution in [0.1, 0.15) is 19.8 Å². The molecule has 0 saturated heterocycles. The van der Waals surface area contributed by atoms with E-state index in [2.05, 4.69) is 28.1 Å². The van der Waals surface area contributed by atoms with E-state index in [9.17, 15) is 5.11 Å². The van der Waals surface area contributed by atoms with Crippen molar-refractivity contribution < 1.29 is 9.59 Å². The third-order valence-corrected chi connectivity index (χ3v) is 2.97. The SMILES string of the molecule is C[C@@H]1[C@H]([N+](C)(C)C)CC[C@@H]1O. The second-order valence-corrected chi connectivity index (χ2v) is 4.69. The summed E-state index contributed by atoms with van der Waals surface area (Å²) in [4.78, 5) is 0. The van der Waals surface area contributed by atoms with Crippen LogP contribution in [-0.2, 0) is 0 Å². The lowest BCUT2D eigenvalue weighted by atomic mass is 10.0. The van der Waals surface area contributed by atoms with Crippen molar-refractivity contribution >= 4 is 0 Å². The Morgan fingerprint density at radius 3 is 1.91 bits per heavy atom. The van der Waals surface area contributed by atoms with E-state index < -0.39 is 0 Å². The molecule has 0 spiro atoms. The van der Waals surface area contributed by atoms with Gasteiger partial charge in [0.15, 0.2) is 0 Å². The molecule has 1 rings (SSSR count). The molecular weight excluding hydrogens is 138 g/mol. The zero-order valence-corrected chi connectivity index (χ0v) is 8.04. The molecule has 0 aromatic heterocycles. The summed E-state index contributed by atoms with van der Waals surface area (Å²) < 4.78 is 0.984. The van der Waals surface area contributed by atoms with Gasteiger partial charge >= 0.3 is 0 Å². The van der Waals surface area contributed by atoms with Crippen LogP contribution in [0.3, 0.4) is 0 Å². The molecule has 0 aromatic rings. The van der Waals surface area contributed by atoms with Crippen LogP contribution >= 0.6 is 0 Å². The number of aliphatic hydroxyl groups is 1. The molecule has 66 valence electrons. The maximum Gasteiger partial charge on any atom is 0.0935 e. The molecule has 2 nitrogen and oxygen atoms in total. The van der Waals surface area contributed by atoms with E-state index in [1.54, 1.807) is 0 Å². The van der Waals surface area contributed by atoms with E-state index in [0.29, 0.717) is 12.0 Å². The van der Waals surface area contributed by atoms with Gasteiger partial charge < -0.3 is 9.59 Å². The van der Waals surface area contributed by atoms with Gasteiger partial charge in [-0.15, -0.1) is 0 Å². The first-order valence-corrected chi connectivity index (χ1v) is 4.42. The van der Waals surface area contributed by atoms with E-state index in [1.165, 1.54) is 6.42 Å². The lowest BCUT2D eigenvalue weighted by Gasteiger charge is -2.34. The zero-order valence-electron chi connectivity index (χ0n) is 8.04. The molecule has 1 saturated carbocycles. The summed E-state index contributed by atoms with van der Waals surface area (Å²) in [5.41, 5.74) is 0. The molecule has 2 heteroatoms. The highest BCUT2D eigenvalue weighted by Gasteiger charge is 2.39. The van der Waals surface area contributed by atoms with Crippen molar-refractivity contribution in [2.75, 3.05) is 21.1 Å². The van der Waals surface area contributed by atoms with Gasteiger partial charge in [-0.05, 0) is 6.42 Å². The number of nitrogens with zero attached hydrogens (tertiary/aromatic N) is 1. The van der Waals surface area contributed by atoms with Crippen LogP contribution in [0.2, 0.25) is 0 Å². The monoisotopic (exact) mass is 158 g/mol. The van der Waals surface area contributed by atoms with Crippen molar-refractivity contribution in [1.29, 1.82) is 0 Å². The Bertz CT molecular complexity index is 139. The minimum Gasteiger partial charge on any atom is -0.393 e. The predicted molar refractivity (Wildman–Crippen MR) is 46.2 cm³/mol. The average molecular weight is 158 g/mol. The Labute approximate surface area is 69.4 Å². The van der Waals surface area contributed by atoms with Crippen LogP contribution in [-0.4, -0.2) is 42.9 Å². The molecule has 0 aromatic carbocycles. The van der Waals surface area contributed by atoms with E-state index in [-0.39, 0.29) is 6.10 Å². The summed E-state index contributed by atoms with van der Waals surface area (Å²) in [7, 11) is 6.62. The van der Waals surface area contributed by atoms with Gasteiger partial charge in [-0.3, -0.25) is 0 Å². The smallest absolute Gasteiger partial charge is 0.0935 e. The van der Waals surface area contributed by atoms with Gasteiger partial charge in [0.25, 0.3) is 0 Å². The summed E-state index contributed by atoms with van der Waals surface area (Å²) >= 11 is 0. The van der Waals surface area contributed by atoms with E-state index >= 15 is 0 Å². The topological polar surface area (TPSA) is 20.2 Å². The molecule has 1 fully saturated rings. The Morgan fingerprint density at radius 2 is 1.73 bits per heavy atom. The molecule has 1 N–H and O–H groups in total. The van der Waals surface area contributed by atoms with Crippen molar-refractivity contribution in [2.45, 2.75) is 31.9 Å². The van der Waals surface area contributed by atoms with Crippen LogP contribution in [0.5, 0.6) is 0 Å². The van der Waals surface area contributed by atoms with Gasteiger partial charge in [-0.25, -0.2) is 0 Å². The highest BCUT2D eigenvalue weighted by Crippen LogP contribution is 2.31. The molecular formula is C9H20NO+. The maximum atomic E-state index is 9.52. The number of hydrogen-bond donors (Lipinski definition) is 1. The lowest BCUT2D eigenvalue weighted by Crippen LogP contribution is -2.47. The summed E-state index contributed by atoms with van der Waals surface area (Å²) in [6.07, 6.45) is 2.10. The molecule has 0 aliphatic heterocycles. The second-order valence-electron chi connectivity index (χ2n) is 4.69. The normalized spacial score (nSPS) is 39.5. The highest BCUT2D eigenvalue weighted by atomic mass is 16.3. The summed E-state index contributed by atoms with van der Waals surface area (Å²) in [5.74, 6) is 0.468. The van der Waals surface area contributed by atoms with Gasteiger partial charge in [-0.1, -0.05) is 6.92 Å². The Kier molecular flexibility index (Phi) is 2.26. The molecule has 11 heavy (non-hydrogen) atoms. The van der Waals surface area contributed by atoms with Gasteiger partial charge in [0.2, 0.25) is 0 Å². The Morgan fingerprint density at radius 1 is 1.18 bits per heavy atom. The molecule has 0 radical (unpaired) electrons. The molecule has 0 bridgehead atoms.